The molecule has 2 N–H and O–H groups in total. The summed E-state index contributed by atoms with van der Waals surface area (Å²) in [6, 6.07) is 7.93. The Balaban J connectivity index is 2.23. The predicted molar refractivity (Wildman–Crippen MR) is 197 cm³/mol. The van der Waals surface area contributed by atoms with Gasteiger partial charge in [-0.1, -0.05) is 99.1 Å². The van der Waals surface area contributed by atoms with Crippen LogP contribution in [0.25, 0.3) is 0 Å². The van der Waals surface area contributed by atoms with Crippen molar-refractivity contribution in [2.75, 3.05) is 27.8 Å². The van der Waals surface area contributed by atoms with E-state index in [-0.39, 0.29) is 72.0 Å². The first kappa shape index (κ1) is 43.3. The molecule has 2 rings (SSSR count). The lowest BCUT2D eigenvalue weighted by molar-refractivity contribution is -0.147. The van der Waals surface area contributed by atoms with Crippen LogP contribution in [0.15, 0.2) is 30.3 Å². The molecule has 1 aromatic carbocycles. The van der Waals surface area contributed by atoms with Crippen molar-refractivity contribution in [2.45, 2.75) is 131 Å². The Morgan fingerprint density at radius 3 is 2.04 bits per heavy atom. The van der Waals surface area contributed by atoms with Crippen LogP contribution < -0.4 is 5.32 Å². The number of Topliss-reactive ketones (excluding diaryl/α,β-unsaturated/α-hetero) is 1. The third-order valence-corrected chi connectivity index (χ3v) is 11.2. The van der Waals surface area contributed by atoms with Crippen molar-refractivity contribution in [1.82, 2.24) is 15.1 Å². The lowest BCUT2D eigenvalue weighted by atomic mass is 9.85. The zero-order chi connectivity index (χ0) is 37.9. The predicted octanol–water partition coefficient (Wildman–Crippen LogP) is 5.67. The van der Waals surface area contributed by atoms with E-state index in [2.05, 4.69) is 12.2 Å². The topological polar surface area (TPSA) is 125 Å². The molecule has 284 valence electrons. The standard InChI is InChI=1S/C40H67N3O7/c1-13-26(6)36(42(10)40(48)35(25(4)5)41-39(47)28(8)24(2)3)33(49-11)23-34(45)43-21-17-20-31(43)38(50-12)29(9)32(44)22-27(7)37(46)30-18-15-14-16-19-30/h14-16,18-19,24-29,31,33,35-38,46H,13,17,20-23H2,1-12H3,(H,41,47)/t26-,27-,28-,29-,31-,33+,35-,36-,37?,38+/m0/s1. The SMILES string of the molecule is CC[C@H](C)[C@@H]([C@@H](CC(=O)N1CCC[C@H]1[C@H](OC)[C@@H](C)C(=O)C[C@H](C)C(O)c1ccccc1)OC)N(C)C(=O)[C@@H](NC(=O)[C@@H](C)C(C)C)C(C)C. The van der Waals surface area contributed by atoms with E-state index in [1.54, 1.807) is 26.2 Å². The Kier molecular flexibility index (Phi) is 17.6. The van der Waals surface area contributed by atoms with Gasteiger partial charge in [-0.05, 0) is 42.1 Å². The van der Waals surface area contributed by atoms with Crippen LogP contribution in [0, 0.1) is 35.5 Å². The number of methoxy groups -OCH3 is 2. The van der Waals surface area contributed by atoms with Gasteiger partial charge in [0.1, 0.15) is 11.8 Å². The Hall–Kier alpha value is -2.82. The highest BCUT2D eigenvalue weighted by Crippen LogP contribution is 2.32. The summed E-state index contributed by atoms with van der Waals surface area (Å²) in [4.78, 5) is 58.2. The van der Waals surface area contributed by atoms with Gasteiger partial charge >= 0.3 is 0 Å². The molecular weight excluding hydrogens is 634 g/mol. The van der Waals surface area contributed by atoms with Crippen molar-refractivity contribution >= 4 is 23.5 Å². The van der Waals surface area contributed by atoms with Crippen LogP contribution >= 0.6 is 0 Å². The van der Waals surface area contributed by atoms with E-state index in [1.807, 2.05) is 90.6 Å². The molecule has 0 aromatic heterocycles. The van der Waals surface area contributed by atoms with Crippen molar-refractivity contribution in [3.63, 3.8) is 0 Å². The number of nitrogens with zero attached hydrogens (tertiary/aromatic N) is 2. The van der Waals surface area contributed by atoms with Crippen LogP contribution in [0.1, 0.15) is 106 Å². The van der Waals surface area contributed by atoms with Gasteiger partial charge in [-0.25, -0.2) is 0 Å². The molecule has 1 heterocycles. The molecule has 10 atom stereocenters. The number of nitrogens with one attached hydrogen (secondary N) is 1. The average molecular weight is 702 g/mol. The minimum atomic E-state index is -0.761. The number of hydrogen-bond donors (Lipinski definition) is 2. The number of ether oxygens (including phenoxy) is 2. The van der Waals surface area contributed by atoms with Gasteiger partial charge in [0.25, 0.3) is 0 Å². The van der Waals surface area contributed by atoms with E-state index in [0.29, 0.717) is 13.0 Å². The molecule has 0 spiro atoms. The molecule has 0 aliphatic carbocycles. The third kappa shape index (κ3) is 11.1. The molecule has 10 heteroatoms. The molecule has 50 heavy (non-hydrogen) atoms. The molecular formula is C40H67N3O7. The van der Waals surface area contributed by atoms with Gasteiger partial charge in [-0.2, -0.15) is 0 Å². The summed E-state index contributed by atoms with van der Waals surface area (Å²) in [5.41, 5.74) is 0.775. The molecule has 3 amide bonds. The number of rotatable bonds is 20. The van der Waals surface area contributed by atoms with Gasteiger partial charge in [0, 0.05) is 46.1 Å². The highest BCUT2D eigenvalue weighted by molar-refractivity contribution is 5.89. The molecule has 0 radical (unpaired) electrons. The first-order chi connectivity index (χ1) is 23.5. The number of aliphatic hydroxyl groups excluding tert-OH is 1. The van der Waals surface area contributed by atoms with Crippen LogP contribution in [0.4, 0.5) is 0 Å². The summed E-state index contributed by atoms with van der Waals surface area (Å²) >= 11 is 0. The van der Waals surface area contributed by atoms with Crippen LogP contribution in [-0.4, -0.2) is 96.6 Å². The summed E-state index contributed by atoms with van der Waals surface area (Å²) in [5, 5.41) is 13.9. The highest BCUT2D eigenvalue weighted by Gasteiger charge is 2.43. The van der Waals surface area contributed by atoms with Crippen molar-refractivity contribution in [2.24, 2.45) is 35.5 Å². The van der Waals surface area contributed by atoms with Crippen molar-refractivity contribution in [3.05, 3.63) is 35.9 Å². The Labute approximate surface area is 302 Å². The summed E-state index contributed by atoms with van der Waals surface area (Å²) in [5.74, 6) is -1.49. The fourth-order valence-electron chi connectivity index (χ4n) is 7.25. The minimum absolute atomic E-state index is 0.00627. The quantitative estimate of drug-likeness (QED) is 0.180. The number of amides is 3. The molecule has 1 fully saturated rings. The van der Waals surface area contributed by atoms with E-state index in [0.717, 1.165) is 18.4 Å². The van der Waals surface area contributed by atoms with E-state index >= 15 is 0 Å². The molecule has 0 saturated carbocycles. The zero-order valence-corrected chi connectivity index (χ0v) is 32.8. The van der Waals surface area contributed by atoms with Crippen LogP contribution in [0.3, 0.4) is 0 Å². The van der Waals surface area contributed by atoms with Crippen LogP contribution in [-0.2, 0) is 28.7 Å². The van der Waals surface area contributed by atoms with Crippen molar-refractivity contribution < 1.29 is 33.8 Å². The number of likely N-dealkylation sites (N-methyl/N-ethyl adjacent to an activating group) is 1. The van der Waals surface area contributed by atoms with Gasteiger partial charge < -0.3 is 29.7 Å². The van der Waals surface area contributed by atoms with Gasteiger partial charge in [-0.15, -0.1) is 0 Å². The number of likely N-dealkylation sites (tertiary alicyclic amines) is 1. The Bertz CT molecular complexity index is 1220. The molecule has 0 bridgehead atoms. The smallest absolute Gasteiger partial charge is 0.245 e. The first-order valence-corrected chi connectivity index (χ1v) is 18.7. The second-order valence-corrected chi connectivity index (χ2v) is 15.4. The number of carbonyl (C=O) groups is 4. The monoisotopic (exact) mass is 701 g/mol. The fraction of sp³-hybridized carbons (Fsp3) is 0.750. The average Bonchev–Trinajstić information content (AvgIpc) is 3.58. The number of aliphatic hydroxyl groups is 1. The Morgan fingerprint density at radius 2 is 1.52 bits per heavy atom. The first-order valence-electron chi connectivity index (χ1n) is 18.7. The third-order valence-electron chi connectivity index (χ3n) is 11.2. The lowest BCUT2D eigenvalue weighted by Gasteiger charge is -2.41. The number of benzene rings is 1. The van der Waals surface area contributed by atoms with Crippen LogP contribution in [0.5, 0.6) is 0 Å². The van der Waals surface area contributed by atoms with Crippen LogP contribution in [0.2, 0.25) is 0 Å². The molecule has 1 saturated heterocycles. The van der Waals surface area contributed by atoms with E-state index < -0.39 is 36.3 Å². The van der Waals surface area contributed by atoms with E-state index in [9.17, 15) is 24.3 Å². The minimum Gasteiger partial charge on any atom is -0.388 e. The second kappa shape index (κ2) is 20.3. The number of hydrogen-bond acceptors (Lipinski definition) is 7. The largest absolute Gasteiger partial charge is 0.388 e. The summed E-state index contributed by atoms with van der Waals surface area (Å²) in [6.07, 6.45) is 0.642. The second-order valence-electron chi connectivity index (χ2n) is 15.4. The number of ketones is 1. The summed E-state index contributed by atoms with van der Waals surface area (Å²) < 4.78 is 11.9. The lowest BCUT2D eigenvalue weighted by Crippen LogP contribution is -2.58. The fourth-order valence-corrected chi connectivity index (χ4v) is 7.25. The maximum absolute atomic E-state index is 14.1. The van der Waals surface area contributed by atoms with E-state index in [1.165, 1.54) is 0 Å². The molecule has 1 aliphatic rings. The number of carbonyl (C=O) groups excluding carboxylic acids is 4. The van der Waals surface area contributed by atoms with Gasteiger partial charge in [0.15, 0.2) is 0 Å². The maximum atomic E-state index is 14.1. The van der Waals surface area contributed by atoms with E-state index in [4.69, 9.17) is 9.47 Å². The van der Waals surface area contributed by atoms with Crippen molar-refractivity contribution in [1.29, 1.82) is 0 Å². The molecule has 1 aliphatic heterocycles. The maximum Gasteiger partial charge on any atom is 0.245 e. The summed E-state index contributed by atoms with van der Waals surface area (Å²) in [7, 11) is 4.90. The normalized spacial score (nSPS) is 20.4. The molecule has 1 aromatic rings. The highest BCUT2D eigenvalue weighted by atomic mass is 16.5. The molecule has 10 nitrogen and oxygen atoms in total. The Morgan fingerprint density at radius 1 is 0.900 bits per heavy atom. The van der Waals surface area contributed by atoms with Gasteiger partial charge in [-0.3, -0.25) is 19.2 Å². The summed E-state index contributed by atoms with van der Waals surface area (Å²) in [6.45, 7) is 18.1. The van der Waals surface area contributed by atoms with Gasteiger partial charge in [0.2, 0.25) is 17.7 Å². The van der Waals surface area contributed by atoms with Gasteiger partial charge in [0.05, 0.1) is 36.8 Å². The van der Waals surface area contributed by atoms with Crippen molar-refractivity contribution in [3.8, 4) is 0 Å². The molecule has 1 unspecified atom stereocenters. The zero-order valence-electron chi connectivity index (χ0n) is 32.8.